The van der Waals surface area contributed by atoms with Gasteiger partial charge in [0.2, 0.25) is 0 Å². The molecule has 0 saturated carbocycles. The maximum absolute atomic E-state index is 6.51. The number of aromatic nitrogens is 1. The number of methoxy groups -OCH3 is 1. The molecule has 0 aliphatic heterocycles. The molecule has 3 rings (SSSR count). The summed E-state index contributed by atoms with van der Waals surface area (Å²) in [7, 11) is 1.65. The fraction of sp³-hybridized carbons (Fsp3) is 0.118. The summed E-state index contributed by atoms with van der Waals surface area (Å²) in [6, 6.07) is 15.8. The Labute approximate surface area is 123 Å². The van der Waals surface area contributed by atoms with Crippen LogP contribution in [0.4, 0.5) is 0 Å². The maximum Gasteiger partial charge on any atom is 0.119 e. The van der Waals surface area contributed by atoms with E-state index in [1.54, 1.807) is 7.11 Å². The van der Waals surface area contributed by atoms with Gasteiger partial charge < -0.3 is 4.74 Å². The maximum atomic E-state index is 6.51. The molecule has 3 heteroatoms. The highest BCUT2D eigenvalue weighted by molar-refractivity contribution is 6.36. The van der Waals surface area contributed by atoms with Crippen molar-refractivity contribution in [3.8, 4) is 17.0 Å². The number of hydrogen-bond donors (Lipinski definition) is 0. The van der Waals surface area contributed by atoms with Gasteiger partial charge in [-0.05, 0) is 30.7 Å². The molecule has 0 spiro atoms. The van der Waals surface area contributed by atoms with Crippen LogP contribution in [0, 0.1) is 6.92 Å². The highest BCUT2D eigenvalue weighted by Gasteiger charge is 2.12. The molecule has 100 valence electrons. The summed E-state index contributed by atoms with van der Waals surface area (Å²) in [6.07, 6.45) is 0. The van der Waals surface area contributed by atoms with Gasteiger partial charge in [-0.25, -0.2) is 4.98 Å². The van der Waals surface area contributed by atoms with Gasteiger partial charge in [0.1, 0.15) is 5.75 Å². The van der Waals surface area contributed by atoms with Crippen molar-refractivity contribution in [3.05, 3.63) is 59.1 Å². The first-order chi connectivity index (χ1) is 9.70. The number of fused-ring (bicyclic) bond motifs is 1. The van der Waals surface area contributed by atoms with Gasteiger partial charge in [0, 0.05) is 10.9 Å². The second kappa shape index (κ2) is 5.14. The molecule has 0 saturated heterocycles. The third-order valence-electron chi connectivity index (χ3n) is 3.40. The molecule has 20 heavy (non-hydrogen) atoms. The van der Waals surface area contributed by atoms with E-state index in [1.165, 1.54) is 0 Å². The molecule has 0 aliphatic rings. The molecule has 0 N–H and O–H groups in total. The van der Waals surface area contributed by atoms with Gasteiger partial charge in [0.05, 0.1) is 23.3 Å². The molecule has 0 fully saturated rings. The lowest BCUT2D eigenvalue weighted by molar-refractivity contribution is 0.415. The lowest BCUT2D eigenvalue weighted by atomic mass is 10.0. The van der Waals surface area contributed by atoms with E-state index in [9.17, 15) is 0 Å². The van der Waals surface area contributed by atoms with Crippen LogP contribution < -0.4 is 4.74 Å². The first-order valence-corrected chi connectivity index (χ1v) is 6.78. The number of halogens is 1. The Morgan fingerprint density at radius 2 is 1.80 bits per heavy atom. The molecule has 2 aromatic carbocycles. The van der Waals surface area contributed by atoms with Gasteiger partial charge >= 0.3 is 0 Å². The zero-order chi connectivity index (χ0) is 14.1. The zero-order valence-electron chi connectivity index (χ0n) is 11.4. The van der Waals surface area contributed by atoms with Gasteiger partial charge in [-0.15, -0.1) is 0 Å². The third-order valence-corrected chi connectivity index (χ3v) is 3.89. The molecule has 0 radical (unpaired) electrons. The SMILES string of the molecule is COc1ccc2nc(-c3ccccc3)c(C)c(Cl)c2c1. The third kappa shape index (κ3) is 2.12. The molecule has 1 heterocycles. The predicted octanol–water partition coefficient (Wildman–Crippen LogP) is 4.87. The summed E-state index contributed by atoms with van der Waals surface area (Å²) >= 11 is 6.51. The van der Waals surface area contributed by atoms with Crippen LogP contribution in [0.3, 0.4) is 0 Å². The van der Waals surface area contributed by atoms with Crippen molar-refractivity contribution in [1.29, 1.82) is 0 Å². The van der Waals surface area contributed by atoms with Crippen molar-refractivity contribution in [2.45, 2.75) is 6.92 Å². The lowest BCUT2D eigenvalue weighted by Gasteiger charge is -2.11. The van der Waals surface area contributed by atoms with E-state index < -0.39 is 0 Å². The van der Waals surface area contributed by atoms with Crippen LogP contribution >= 0.6 is 11.6 Å². The molecule has 0 unspecified atom stereocenters. The summed E-state index contributed by atoms with van der Waals surface area (Å²) in [6.45, 7) is 2.00. The zero-order valence-corrected chi connectivity index (χ0v) is 12.1. The molecule has 0 amide bonds. The van der Waals surface area contributed by atoms with Gasteiger partial charge in [-0.2, -0.15) is 0 Å². The smallest absolute Gasteiger partial charge is 0.119 e. The summed E-state index contributed by atoms with van der Waals surface area (Å²) in [5, 5.41) is 1.65. The van der Waals surface area contributed by atoms with E-state index in [-0.39, 0.29) is 0 Å². The normalized spacial score (nSPS) is 10.8. The molecular weight excluding hydrogens is 270 g/mol. The second-order valence-electron chi connectivity index (χ2n) is 4.65. The van der Waals surface area contributed by atoms with Crippen molar-refractivity contribution < 1.29 is 4.74 Å². The van der Waals surface area contributed by atoms with E-state index >= 15 is 0 Å². The number of nitrogens with zero attached hydrogens (tertiary/aromatic N) is 1. The number of rotatable bonds is 2. The predicted molar refractivity (Wildman–Crippen MR) is 83.5 cm³/mol. The Hall–Kier alpha value is -2.06. The molecule has 0 atom stereocenters. The van der Waals surface area contributed by atoms with Crippen LogP contribution in [0.5, 0.6) is 5.75 Å². The fourth-order valence-electron chi connectivity index (χ4n) is 2.30. The van der Waals surface area contributed by atoms with E-state index in [0.29, 0.717) is 0 Å². The minimum atomic E-state index is 0.729. The van der Waals surface area contributed by atoms with E-state index in [2.05, 4.69) is 0 Å². The van der Waals surface area contributed by atoms with Crippen molar-refractivity contribution >= 4 is 22.5 Å². The van der Waals surface area contributed by atoms with Crippen molar-refractivity contribution in [3.63, 3.8) is 0 Å². The highest BCUT2D eigenvalue weighted by Crippen LogP contribution is 2.34. The Morgan fingerprint density at radius 3 is 2.50 bits per heavy atom. The van der Waals surface area contributed by atoms with Crippen LogP contribution in [0.25, 0.3) is 22.2 Å². The summed E-state index contributed by atoms with van der Waals surface area (Å²) in [5.41, 5.74) is 3.86. The highest BCUT2D eigenvalue weighted by atomic mass is 35.5. The number of ether oxygens (including phenoxy) is 1. The number of benzene rings is 2. The average molecular weight is 284 g/mol. The summed E-state index contributed by atoms with van der Waals surface area (Å²) in [5.74, 6) is 0.785. The van der Waals surface area contributed by atoms with Gasteiger partial charge in [-0.1, -0.05) is 41.9 Å². The fourth-order valence-corrected chi connectivity index (χ4v) is 2.54. The van der Waals surface area contributed by atoms with Gasteiger partial charge in [0.25, 0.3) is 0 Å². The van der Waals surface area contributed by atoms with E-state index in [1.807, 2.05) is 55.5 Å². The van der Waals surface area contributed by atoms with Crippen LogP contribution in [0.15, 0.2) is 48.5 Å². The Balaban J connectivity index is 2.29. The Kier molecular flexibility index (Phi) is 3.33. The number of pyridine rings is 1. The second-order valence-corrected chi connectivity index (χ2v) is 5.03. The van der Waals surface area contributed by atoms with Crippen LogP contribution in [-0.2, 0) is 0 Å². The number of hydrogen-bond acceptors (Lipinski definition) is 2. The molecule has 0 bridgehead atoms. The summed E-state index contributed by atoms with van der Waals surface area (Å²) in [4.78, 5) is 4.74. The van der Waals surface area contributed by atoms with Gasteiger partial charge in [0.15, 0.2) is 0 Å². The van der Waals surface area contributed by atoms with Crippen LogP contribution in [0.1, 0.15) is 5.56 Å². The molecule has 1 aromatic heterocycles. The quantitative estimate of drug-likeness (QED) is 0.669. The molecular formula is C17H14ClNO. The van der Waals surface area contributed by atoms with E-state index in [4.69, 9.17) is 21.3 Å². The largest absolute Gasteiger partial charge is 0.497 e. The average Bonchev–Trinajstić information content (AvgIpc) is 2.51. The van der Waals surface area contributed by atoms with Crippen molar-refractivity contribution in [2.24, 2.45) is 0 Å². The molecule has 3 aromatic rings. The first-order valence-electron chi connectivity index (χ1n) is 6.40. The molecule has 0 aliphatic carbocycles. The van der Waals surface area contributed by atoms with Gasteiger partial charge in [-0.3, -0.25) is 0 Å². The standard InChI is InChI=1S/C17H14ClNO/c1-11-16(18)14-10-13(20-2)8-9-15(14)19-17(11)12-6-4-3-5-7-12/h3-10H,1-2H3. The lowest BCUT2D eigenvalue weighted by Crippen LogP contribution is -1.93. The Bertz CT molecular complexity index is 769. The minimum absolute atomic E-state index is 0.729. The Morgan fingerprint density at radius 1 is 1.05 bits per heavy atom. The first kappa shape index (κ1) is 12.9. The monoisotopic (exact) mass is 283 g/mol. The van der Waals surface area contributed by atoms with Crippen molar-refractivity contribution in [2.75, 3.05) is 7.11 Å². The van der Waals surface area contributed by atoms with Crippen molar-refractivity contribution in [1.82, 2.24) is 4.98 Å². The summed E-state index contributed by atoms with van der Waals surface area (Å²) < 4.78 is 5.25. The topological polar surface area (TPSA) is 22.1 Å². The van der Waals surface area contributed by atoms with Crippen LogP contribution in [-0.4, -0.2) is 12.1 Å². The molecule has 2 nitrogen and oxygen atoms in total. The van der Waals surface area contributed by atoms with E-state index in [0.717, 1.165) is 38.5 Å². The minimum Gasteiger partial charge on any atom is -0.497 e. The van der Waals surface area contributed by atoms with Crippen LogP contribution in [0.2, 0.25) is 5.02 Å².